The molecule has 0 heterocycles. The molecule has 8 nitrogen and oxygen atoms in total. The highest BCUT2D eigenvalue weighted by atomic mass is 16.6. The molecule has 1 aromatic rings. The summed E-state index contributed by atoms with van der Waals surface area (Å²) < 4.78 is 0. The van der Waals surface area contributed by atoms with E-state index in [1.54, 1.807) is 13.0 Å². The standard InChI is InChI=1S/C13H14N4O4/c1-9(18)7-15-8-10(6-14)13(19)16-11-3-2-4-12(5-11)17(20)21/h2-5,8-9,15,18H,7H2,1H3,(H,16,19)/b10-8-. The number of carbonyl (C=O) groups excluding carboxylic acids is 1. The Balaban J connectivity index is 2.77. The van der Waals surface area contributed by atoms with Crippen molar-refractivity contribution in [2.75, 3.05) is 11.9 Å². The van der Waals surface area contributed by atoms with Gasteiger partial charge in [0.2, 0.25) is 0 Å². The number of hydrogen-bond donors (Lipinski definition) is 3. The Labute approximate surface area is 120 Å². The number of benzene rings is 1. The Morgan fingerprint density at radius 1 is 1.62 bits per heavy atom. The van der Waals surface area contributed by atoms with Crippen LogP contribution in [0.5, 0.6) is 0 Å². The van der Waals surface area contributed by atoms with Crippen molar-refractivity contribution in [1.82, 2.24) is 5.32 Å². The van der Waals surface area contributed by atoms with Crippen LogP contribution in [-0.2, 0) is 4.79 Å². The summed E-state index contributed by atoms with van der Waals surface area (Å²) >= 11 is 0. The van der Waals surface area contributed by atoms with E-state index < -0.39 is 16.9 Å². The van der Waals surface area contributed by atoms with Crippen LogP contribution in [0, 0.1) is 21.4 Å². The molecule has 0 aliphatic rings. The molecule has 0 aliphatic carbocycles. The highest BCUT2D eigenvalue weighted by Gasteiger charge is 2.11. The van der Waals surface area contributed by atoms with Crippen molar-refractivity contribution >= 4 is 17.3 Å². The van der Waals surface area contributed by atoms with Gasteiger partial charge in [0.1, 0.15) is 11.6 Å². The minimum atomic E-state index is -0.698. The number of nitro benzene ring substituents is 1. The van der Waals surface area contributed by atoms with Gasteiger partial charge in [0.05, 0.1) is 11.0 Å². The van der Waals surface area contributed by atoms with Crippen LogP contribution < -0.4 is 10.6 Å². The minimum absolute atomic E-state index is 0.164. The molecule has 1 amide bonds. The first-order valence-electron chi connectivity index (χ1n) is 6.01. The van der Waals surface area contributed by atoms with Crippen molar-refractivity contribution in [3.8, 4) is 6.07 Å². The number of nitrogens with one attached hydrogen (secondary N) is 2. The molecule has 3 N–H and O–H groups in total. The van der Waals surface area contributed by atoms with Gasteiger partial charge in [-0.15, -0.1) is 0 Å². The first-order chi connectivity index (χ1) is 9.93. The van der Waals surface area contributed by atoms with Crippen LogP contribution in [-0.4, -0.2) is 28.6 Å². The number of nitro groups is 1. The fraction of sp³-hybridized carbons (Fsp3) is 0.231. The van der Waals surface area contributed by atoms with Crippen molar-refractivity contribution in [1.29, 1.82) is 5.26 Å². The molecule has 1 unspecified atom stereocenters. The number of anilines is 1. The van der Waals surface area contributed by atoms with Crippen LogP contribution in [0.15, 0.2) is 36.0 Å². The minimum Gasteiger partial charge on any atom is -0.392 e. The summed E-state index contributed by atoms with van der Waals surface area (Å²) in [4.78, 5) is 21.9. The normalized spacial score (nSPS) is 12.1. The van der Waals surface area contributed by atoms with Crippen LogP contribution >= 0.6 is 0 Å². The Hall–Kier alpha value is -2.92. The number of amides is 1. The lowest BCUT2D eigenvalue weighted by Gasteiger charge is -2.06. The second-order valence-corrected chi connectivity index (χ2v) is 4.19. The summed E-state index contributed by atoms with van der Waals surface area (Å²) in [7, 11) is 0. The zero-order valence-electron chi connectivity index (χ0n) is 11.2. The van der Waals surface area contributed by atoms with Gasteiger partial charge in [-0.2, -0.15) is 5.26 Å². The maximum absolute atomic E-state index is 11.8. The molecule has 0 bridgehead atoms. The molecule has 0 spiro atoms. The molecule has 8 heteroatoms. The van der Waals surface area contributed by atoms with Gasteiger partial charge in [0.15, 0.2) is 0 Å². The van der Waals surface area contributed by atoms with E-state index in [9.17, 15) is 14.9 Å². The van der Waals surface area contributed by atoms with Gasteiger partial charge in [0.25, 0.3) is 11.6 Å². The first kappa shape index (κ1) is 16.1. The number of hydrogen-bond acceptors (Lipinski definition) is 6. The summed E-state index contributed by atoms with van der Waals surface area (Å²) in [6, 6.07) is 7.09. The monoisotopic (exact) mass is 290 g/mol. The van der Waals surface area contributed by atoms with Crippen molar-refractivity contribution in [3.05, 3.63) is 46.2 Å². The summed E-state index contributed by atoms with van der Waals surface area (Å²) in [5, 5.41) is 33.6. The Morgan fingerprint density at radius 2 is 2.33 bits per heavy atom. The number of nitriles is 1. The third kappa shape index (κ3) is 5.30. The van der Waals surface area contributed by atoms with Crippen molar-refractivity contribution in [3.63, 3.8) is 0 Å². The Bertz CT molecular complexity index is 604. The number of carbonyl (C=O) groups is 1. The molecule has 0 radical (unpaired) electrons. The maximum Gasteiger partial charge on any atom is 0.271 e. The number of non-ortho nitro benzene ring substituents is 1. The van der Waals surface area contributed by atoms with E-state index in [-0.39, 0.29) is 23.5 Å². The largest absolute Gasteiger partial charge is 0.392 e. The number of aliphatic hydroxyl groups is 1. The van der Waals surface area contributed by atoms with Gasteiger partial charge >= 0.3 is 0 Å². The smallest absolute Gasteiger partial charge is 0.271 e. The lowest BCUT2D eigenvalue weighted by molar-refractivity contribution is -0.384. The second-order valence-electron chi connectivity index (χ2n) is 4.19. The fourth-order valence-corrected chi connectivity index (χ4v) is 1.38. The molecule has 21 heavy (non-hydrogen) atoms. The predicted octanol–water partition coefficient (Wildman–Crippen LogP) is 0.911. The molecule has 1 aromatic carbocycles. The topological polar surface area (TPSA) is 128 Å². The van der Waals surface area contributed by atoms with Crippen LogP contribution in [0.4, 0.5) is 11.4 Å². The number of rotatable bonds is 6. The highest BCUT2D eigenvalue weighted by Crippen LogP contribution is 2.17. The molecule has 1 rings (SSSR count). The zero-order chi connectivity index (χ0) is 15.8. The van der Waals surface area contributed by atoms with Crippen molar-refractivity contribution < 1.29 is 14.8 Å². The Kier molecular flexibility index (Phi) is 5.85. The number of aliphatic hydroxyl groups excluding tert-OH is 1. The molecule has 0 aliphatic heterocycles. The third-order valence-corrected chi connectivity index (χ3v) is 2.34. The van der Waals surface area contributed by atoms with E-state index in [0.717, 1.165) is 0 Å². The van der Waals surface area contributed by atoms with Crippen LogP contribution in [0.25, 0.3) is 0 Å². The lowest BCUT2D eigenvalue weighted by atomic mass is 10.2. The zero-order valence-corrected chi connectivity index (χ0v) is 11.2. The molecule has 0 saturated carbocycles. The summed E-state index contributed by atoms with van der Waals surface area (Å²) in [6.07, 6.45) is 0.556. The summed E-state index contributed by atoms with van der Waals surface area (Å²) in [5.41, 5.74) is -0.157. The van der Waals surface area contributed by atoms with Gasteiger partial charge in [-0.3, -0.25) is 14.9 Å². The summed E-state index contributed by atoms with van der Waals surface area (Å²) in [5.74, 6) is -0.698. The predicted molar refractivity (Wildman–Crippen MR) is 75.1 cm³/mol. The lowest BCUT2D eigenvalue weighted by Crippen LogP contribution is -2.22. The van der Waals surface area contributed by atoms with Gasteiger partial charge in [0, 0.05) is 30.6 Å². The first-order valence-corrected chi connectivity index (χ1v) is 6.01. The molecule has 0 aromatic heterocycles. The van der Waals surface area contributed by atoms with E-state index in [1.807, 2.05) is 0 Å². The average Bonchev–Trinajstić information content (AvgIpc) is 2.43. The highest BCUT2D eigenvalue weighted by molar-refractivity contribution is 6.06. The van der Waals surface area contributed by atoms with Gasteiger partial charge in [-0.1, -0.05) is 6.07 Å². The van der Waals surface area contributed by atoms with E-state index in [0.29, 0.717) is 0 Å². The molecular formula is C13H14N4O4. The Morgan fingerprint density at radius 3 is 2.90 bits per heavy atom. The quantitative estimate of drug-likeness (QED) is 0.309. The maximum atomic E-state index is 11.8. The summed E-state index contributed by atoms with van der Waals surface area (Å²) in [6.45, 7) is 1.74. The van der Waals surface area contributed by atoms with Crippen molar-refractivity contribution in [2.24, 2.45) is 0 Å². The van der Waals surface area contributed by atoms with Crippen molar-refractivity contribution in [2.45, 2.75) is 13.0 Å². The molecule has 0 saturated heterocycles. The van der Waals surface area contributed by atoms with Crippen LogP contribution in [0.2, 0.25) is 0 Å². The molecular weight excluding hydrogens is 276 g/mol. The van der Waals surface area contributed by atoms with E-state index in [2.05, 4.69) is 10.6 Å². The van der Waals surface area contributed by atoms with Crippen LogP contribution in [0.3, 0.4) is 0 Å². The second kappa shape index (κ2) is 7.62. The third-order valence-electron chi connectivity index (χ3n) is 2.34. The van der Waals surface area contributed by atoms with E-state index in [4.69, 9.17) is 10.4 Å². The van der Waals surface area contributed by atoms with Crippen LogP contribution in [0.1, 0.15) is 6.92 Å². The number of nitrogens with zero attached hydrogens (tertiary/aromatic N) is 2. The molecule has 0 fully saturated rings. The average molecular weight is 290 g/mol. The molecule has 110 valence electrons. The molecule has 1 atom stereocenters. The fourth-order valence-electron chi connectivity index (χ4n) is 1.38. The SMILES string of the molecule is CC(O)CN/C=C(/C#N)C(=O)Nc1cccc([N+](=O)[O-])c1. The van der Waals surface area contributed by atoms with E-state index in [1.165, 1.54) is 30.5 Å². The van der Waals surface area contributed by atoms with Gasteiger partial charge in [-0.05, 0) is 13.0 Å². The van der Waals surface area contributed by atoms with E-state index >= 15 is 0 Å². The van der Waals surface area contributed by atoms with Gasteiger partial charge < -0.3 is 15.7 Å². The van der Waals surface area contributed by atoms with Gasteiger partial charge in [-0.25, -0.2) is 0 Å².